The number of rotatable bonds is 2. The molecule has 3 aliphatic rings. The Morgan fingerprint density at radius 2 is 1.65 bits per heavy atom. The molecule has 3 fully saturated rings. The van der Waals surface area contributed by atoms with Crippen LogP contribution in [0.2, 0.25) is 0 Å². The molecular formula is C18H26N2. The summed E-state index contributed by atoms with van der Waals surface area (Å²) in [5.41, 5.74) is 2.76. The Hall–Kier alpha value is -1.02. The van der Waals surface area contributed by atoms with Crippen molar-refractivity contribution in [1.82, 2.24) is 4.90 Å². The molecule has 20 heavy (non-hydrogen) atoms. The second kappa shape index (κ2) is 5.07. The highest BCUT2D eigenvalue weighted by atomic mass is 15.3. The van der Waals surface area contributed by atoms with Crippen LogP contribution in [0.4, 0.5) is 5.69 Å². The number of piperazine rings is 1. The summed E-state index contributed by atoms with van der Waals surface area (Å²) in [5.74, 6) is 2.10. The summed E-state index contributed by atoms with van der Waals surface area (Å²) in [6, 6.07) is 9.95. The van der Waals surface area contributed by atoms with Crippen molar-refractivity contribution in [1.29, 1.82) is 0 Å². The molecule has 3 atom stereocenters. The zero-order chi connectivity index (χ0) is 13.5. The Morgan fingerprint density at radius 1 is 0.900 bits per heavy atom. The van der Waals surface area contributed by atoms with Gasteiger partial charge < -0.3 is 4.90 Å². The largest absolute Gasteiger partial charge is 0.369 e. The van der Waals surface area contributed by atoms with Crippen molar-refractivity contribution >= 4 is 5.69 Å². The number of anilines is 1. The highest BCUT2D eigenvalue weighted by Crippen LogP contribution is 2.46. The summed E-state index contributed by atoms with van der Waals surface area (Å²) in [5, 5.41) is 0. The summed E-state index contributed by atoms with van der Waals surface area (Å²) in [6.07, 6.45) is 6.05. The molecular weight excluding hydrogens is 244 g/mol. The minimum absolute atomic E-state index is 0.925. The van der Waals surface area contributed by atoms with Crippen molar-refractivity contribution in [2.24, 2.45) is 11.8 Å². The van der Waals surface area contributed by atoms with Gasteiger partial charge in [0.25, 0.3) is 0 Å². The van der Waals surface area contributed by atoms with Crippen LogP contribution in [0.1, 0.15) is 31.2 Å². The van der Waals surface area contributed by atoms with Crippen LogP contribution >= 0.6 is 0 Å². The summed E-state index contributed by atoms with van der Waals surface area (Å²) in [7, 11) is 0. The van der Waals surface area contributed by atoms with Gasteiger partial charge in [-0.1, -0.05) is 24.1 Å². The number of fused-ring (bicyclic) bond motifs is 2. The quantitative estimate of drug-likeness (QED) is 0.813. The first-order chi connectivity index (χ1) is 9.79. The van der Waals surface area contributed by atoms with Crippen molar-refractivity contribution in [2.75, 3.05) is 31.1 Å². The van der Waals surface area contributed by atoms with Gasteiger partial charge in [-0.2, -0.15) is 0 Å². The Bertz CT molecular complexity index is 459. The lowest BCUT2D eigenvalue weighted by atomic mass is 9.93. The number of hydrogen-bond acceptors (Lipinski definition) is 2. The van der Waals surface area contributed by atoms with Crippen LogP contribution in [0.3, 0.4) is 0 Å². The van der Waals surface area contributed by atoms with Gasteiger partial charge in [-0.25, -0.2) is 0 Å². The molecule has 2 heteroatoms. The van der Waals surface area contributed by atoms with Crippen LogP contribution in [0.15, 0.2) is 24.3 Å². The van der Waals surface area contributed by atoms with E-state index in [0.717, 1.165) is 17.9 Å². The smallest absolute Gasteiger partial charge is 0.0367 e. The predicted octanol–water partition coefficient (Wildman–Crippen LogP) is 3.31. The van der Waals surface area contributed by atoms with E-state index >= 15 is 0 Å². The van der Waals surface area contributed by atoms with Crippen LogP contribution < -0.4 is 4.90 Å². The fraction of sp³-hybridized carbons (Fsp3) is 0.667. The number of hydrogen-bond donors (Lipinski definition) is 0. The average Bonchev–Trinajstić information content (AvgIpc) is 3.11. The minimum Gasteiger partial charge on any atom is -0.369 e. The second-order valence-corrected chi connectivity index (χ2v) is 7.10. The van der Waals surface area contributed by atoms with E-state index in [9.17, 15) is 0 Å². The van der Waals surface area contributed by atoms with Crippen molar-refractivity contribution in [3.8, 4) is 0 Å². The minimum atomic E-state index is 0.925. The summed E-state index contributed by atoms with van der Waals surface area (Å²) >= 11 is 0. The third kappa shape index (κ3) is 2.24. The zero-order valence-corrected chi connectivity index (χ0v) is 12.6. The van der Waals surface area contributed by atoms with Crippen molar-refractivity contribution in [3.05, 3.63) is 29.8 Å². The summed E-state index contributed by atoms with van der Waals surface area (Å²) in [6.45, 7) is 7.11. The van der Waals surface area contributed by atoms with Gasteiger partial charge in [-0.15, -0.1) is 0 Å². The lowest BCUT2D eigenvalue weighted by Gasteiger charge is -2.41. The van der Waals surface area contributed by atoms with E-state index in [1.54, 1.807) is 0 Å². The normalized spacial score (nSPS) is 33.9. The van der Waals surface area contributed by atoms with Crippen LogP contribution in [-0.4, -0.2) is 37.1 Å². The molecule has 1 heterocycles. The molecule has 1 aromatic carbocycles. The molecule has 1 saturated heterocycles. The van der Waals surface area contributed by atoms with Crippen LogP contribution in [0, 0.1) is 18.8 Å². The van der Waals surface area contributed by atoms with E-state index in [0.29, 0.717) is 0 Å². The second-order valence-electron chi connectivity index (χ2n) is 7.10. The number of benzene rings is 1. The maximum absolute atomic E-state index is 2.80. The van der Waals surface area contributed by atoms with Crippen LogP contribution in [-0.2, 0) is 0 Å². The molecule has 4 rings (SSSR count). The Kier molecular flexibility index (Phi) is 3.22. The molecule has 1 aromatic rings. The molecule has 0 spiro atoms. The first kappa shape index (κ1) is 12.7. The zero-order valence-electron chi connectivity index (χ0n) is 12.6. The molecule has 3 unspecified atom stereocenters. The average molecular weight is 270 g/mol. The Morgan fingerprint density at radius 3 is 2.25 bits per heavy atom. The maximum atomic E-state index is 2.80. The van der Waals surface area contributed by atoms with Gasteiger partial charge in [0.05, 0.1) is 0 Å². The molecule has 0 N–H and O–H groups in total. The fourth-order valence-electron chi connectivity index (χ4n) is 4.73. The van der Waals surface area contributed by atoms with E-state index in [1.807, 2.05) is 0 Å². The molecule has 0 aromatic heterocycles. The third-order valence-electron chi connectivity index (χ3n) is 5.88. The number of nitrogens with zero attached hydrogens (tertiary/aromatic N) is 2. The molecule has 2 saturated carbocycles. The Labute approximate surface area is 122 Å². The van der Waals surface area contributed by atoms with Crippen LogP contribution in [0.5, 0.6) is 0 Å². The lowest BCUT2D eigenvalue weighted by molar-refractivity contribution is 0.135. The predicted molar refractivity (Wildman–Crippen MR) is 84.2 cm³/mol. The highest BCUT2D eigenvalue weighted by Gasteiger charge is 2.42. The van der Waals surface area contributed by atoms with Gasteiger partial charge in [0, 0.05) is 37.9 Å². The third-order valence-corrected chi connectivity index (χ3v) is 5.88. The standard InChI is InChI=1S/C18H26N2/c1-14-2-6-17(7-3-14)19-8-10-20(11-9-19)18-13-15-4-5-16(18)12-15/h2-3,6-7,15-16,18H,4-5,8-13H2,1H3. The molecule has 2 nitrogen and oxygen atoms in total. The molecule has 2 bridgehead atoms. The van der Waals surface area contributed by atoms with Crippen molar-refractivity contribution in [3.63, 3.8) is 0 Å². The number of aryl methyl sites for hydroxylation is 1. The summed E-state index contributed by atoms with van der Waals surface area (Å²) < 4.78 is 0. The Balaban J connectivity index is 1.37. The van der Waals surface area contributed by atoms with Crippen LogP contribution in [0.25, 0.3) is 0 Å². The van der Waals surface area contributed by atoms with Gasteiger partial charge in [-0.3, -0.25) is 4.90 Å². The van der Waals surface area contributed by atoms with Crippen molar-refractivity contribution in [2.45, 2.75) is 38.6 Å². The topological polar surface area (TPSA) is 6.48 Å². The first-order valence-corrected chi connectivity index (χ1v) is 8.35. The lowest BCUT2D eigenvalue weighted by Crippen LogP contribution is -2.51. The van der Waals surface area contributed by atoms with Gasteiger partial charge in [0.1, 0.15) is 0 Å². The molecule has 108 valence electrons. The first-order valence-electron chi connectivity index (χ1n) is 8.35. The van der Waals surface area contributed by atoms with Gasteiger partial charge in [0.2, 0.25) is 0 Å². The molecule has 1 aliphatic heterocycles. The highest BCUT2D eigenvalue weighted by molar-refractivity contribution is 5.47. The van der Waals surface area contributed by atoms with Gasteiger partial charge >= 0.3 is 0 Å². The SMILES string of the molecule is Cc1ccc(N2CCN(C3CC4CCC3C4)CC2)cc1. The monoisotopic (exact) mass is 270 g/mol. The van der Waals surface area contributed by atoms with E-state index in [1.165, 1.54) is 63.1 Å². The maximum Gasteiger partial charge on any atom is 0.0367 e. The van der Waals surface area contributed by atoms with E-state index in [2.05, 4.69) is 41.0 Å². The molecule has 2 aliphatic carbocycles. The van der Waals surface area contributed by atoms with E-state index in [-0.39, 0.29) is 0 Å². The fourth-order valence-corrected chi connectivity index (χ4v) is 4.73. The van der Waals surface area contributed by atoms with E-state index in [4.69, 9.17) is 0 Å². The van der Waals surface area contributed by atoms with Gasteiger partial charge in [-0.05, 0) is 50.2 Å². The molecule has 0 amide bonds. The summed E-state index contributed by atoms with van der Waals surface area (Å²) in [4.78, 5) is 5.36. The van der Waals surface area contributed by atoms with E-state index < -0.39 is 0 Å². The van der Waals surface area contributed by atoms with Gasteiger partial charge in [0.15, 0.2) is 0 Å². The molecule has 0 radical (unpaired) electrons. The van der Waals surface area contributed by atoms with Crippen molar-refractivity contribution < 1.29 is 0 Å².